The Morgan fingerprint density at radius 1 is 1.20 bits per heavy atom. The summed E-state index contributed by atoms with van der Waals surface area (Å²) < 4.78 is 0. The van der Waals surface area contributed by atoms with Crippen molar-refractivity contribution in [3.05, 3.63) is 29.8 Å². The number of rotatable bonds is 5. The van der Waals surface area contributed by atoms with E-state index in [9.17, 15) is 0 Å². The molecule has 0 aliphatic carbocycles. The van der Waals surface area contributed by atoms with Crippen molar-refractivity contribution in [1.82, 2.24) is 0 Å². The number of benzene rings is 1. The molecule has 0 spiro atoms. The Hall–Kier alpha value is -0.730. The van der Waals surface area contributed by atoms with Crippen molar-refractivity contribution in [3.8, 4) is 5.75 Å². The molecule has 2 nitrogen and oxygen atoms in total. The highest BCUT2D eigenvalue weighted by atomic mass is 35.5. The lowest BCUT2D eigenvalue weighted by Gasteiger charge is -2.11. The number of nitrogens with two attached hydrogens (primary N) is 1. The predicted molar refractivity (Wildman–Crippen MR) is 66.4 cm³/mol. The maximum atomic E-state index is 9.11. The Labute approximate surface area is 97.9 Å². The first-order chi connectivity index (χ1) is 6.74. The van der Waals surface area contributed by atoms with Crippen molar-refractivity contribution in [2.75, 3.05) is 0 Å². The van der Waals surface area contributed by atoms with Gasteiger partial charge in [-0.3, -0.25) is 0 Å². The van der Waals surface area contributed by atoms with Crippen LogP contribution in [0, 0.1) is 0 Å². The Kier molecular flexibility index (Phi) is 7.18. The first-order valence-corrected chi connectivity index (χ1v) is 5.28. The summed E-state index contributed by atoms with van der Waals surface area (Å²) in [5, 5.41) is 9.11. The average molecular weight is 230 g/mol. The maximum Gasteiger partial charge on any atom is 0.115 e. The second-order valence-corrected chi connectivity index (χ2v) is 3.69. The molecule has 0 aromatic heterocycles. The van der Waals surface area contributed by atoms with Crippen LogP contribution in [0.2, 0.25) is 0 Å². The number of hydrogen-bond donors (Lipinski definition) is 2. The zero-order valence-corrected chi connectivity index (χ0v) is 9.96. The topological polar surface area (TPSA) is 46.2 Å². The molecule has 0 saturated carbocycles. The van der Waals surface area contributed by atoms with Crippen LogP contribution < -0.4 is 5.73 Å². The molecule has 3 N–H and O–H groups in total. The fourth-order valence-electron chi connectivity index (χ4n) is 1.50. The second-order valence-electron chi connectivity index (χ2n) is 3.69. The van der Waals surface area contributed by atoms with Gasteiger partial charge in [0.15, 0.2) is 0 Å². The smallest absolute Gasteiger partial charge is 0.115 e. The van der Waals surface area contributed by atoms with Crippen LogP contribution in [-0.4, -0.2) is 5.11 Å². The SMILES string of the molecule is CCCCC[C@@H](N)c1ccc(O)cc1.Cl. The van der Waals surface area contributed by atoms with Crippen LogP contribution in [0.25, 0.3) is 0 Å². The van der Waals surface area contributed by atoms with Crippen molar-refractivity contribution in [1.29, 1.82) is 0 Å². The number of aromatic hydroxyl groups is 1. The van der Waals surface area contributed by atoms with Crippen LogP contribution in [-0.2, 0) is 0 Å². The lowest BCUT2D eigenvalue weighted by Crippen LogP contribution is -2.09. The molecule has 0 bridgehead atoms. The molecule has 1 aromatic rings. The molecule has 15 heavy (non-hydrogen) atoms. The first kappa shape index (κ1) is 14.3. The van der Waals surface area contributed by atoms with Crippen LogP contribution in [0.4, 0.5) is 0 Å². The minimum atomic E-state index is 0. The molecule has 0 aliphatic rings. The summed E-state index contributed by atoms with van der Waals surface area (Å²) in [4.78, 5) is 0. The van der Waals surface area contributed by atoms with Gasteiger partial charge in [-0.1, -0.05) is 38.3 Å². The van der Waals surface area contributed by atoms with Crippen LogP contribution >= 0.6 is 12.4 Å². The van der Waals surface area contributed by atoms with Gasteiger partial charge in [-0.15, -0.1) is 12.4 Å². The molecule has 0 heterocycles. The van der Waals surface area contributed by atoms with Gasteiger partial charge < -0.3 is 10.8 Å². The first-order valence-electron chi connectivity index (χ1n) is 5.28. The fraction of sp³-hybridized carbons (Fsp3) is 0.500. The Bertz CT molecular complexity index is 261. The van der Waals surface area contributed by atoms with Gasteiger partial charge >= 0.3 is 0 Å². The van der Waals surface area contributed by atoms with Crippen LogP contribution in [0.5, 0.6) is 5.75 Å². The van der Waals surface area contributed by atoms with Crippen LogP contribution in [0.15, 0.2) is 24.3 Å². The van der Waals surface area contributed by atoms with E-state index in [0.29, 0.717) is 5.75 Å². The van der Waals surface area contributed by atoms with Crippen molar-refractivity contribution in [2.24, 2.45) is 5.73 Å². The van der Waals surface area contributed by atoms with E-state index in [-0.39, 0.29) is 18.4 Å². The molecule has 1 rings (SSSR count). The summed E-state index contributed by atoms with van der Waals surface area (Å²) in [7, 11) is 0. The molecule has 0 amide bonds. The standard InChI is InChI=1S/C12H19NO.ClH/c1-2-3-4-5-12(13)10-6-8-11(14)9-7-10;/h6-9,12,14H,2-5,13H2,1H3;1H/t12-;/m1./s1. The van der Waals surface area contributed by atoms with E-state index in [1.54, 1.807) is 12.1 Å². The van der Waals surface area contributed by atoms with Gasteiger partial charge in [0.05, 0.1) is 0 Å². The van der Waals surface area contributed by atoms with E-state index in [4.69, 9.17) is 10.8 Å². The van der Waals surface area contributed by atoms with Gasteiger partial charge in [0.25, 0.3) is 0 Å². The van der Waals surface area contributed by atoms with E-state index in [2.05, 4.69) is 6.92 Å². The normalized spacial score (nSPS) is 11.9. The number of phenolic OH excluding ortho intramolecular Hbond substituents is 1. The molecule has 0 saturated heterocycles. The average Bonchev–Trinajstić information content (AvgIpc) is 2.19. The summed E-state index contributed by atoms with van der Waals surface area (Å²) in [5.74, 6) is 0.300. The third-order valence-electron chi connectivity index (χ3n) is 2.44. The highest BCUT2D eigenvalue weighted by molar-refractivity contribution is 5.85. The van der Waals surface area contributed by atoms with E-state index in [1.807, 2.05) is 12.1 Å². The van der Waals surface area contributed by atoms with Crippen molar-refractivity contribution in [3.63, 3.8) is 0 Å². The quantitative estimate of drug-likeness (QED) is 0.761. The zero-order valence-electron chi connectivity index (χ0n) is 9.15. The van der Waals surface area contributed by atoms with Gasteiger partial charge in [0, 0.05) is 6.04 Å². The molecule has 0 radical (unpaired) electrons. The highest BCUT2D eigenvalue weighted by Gasteiger charge is 2.04. The third kappa shape index (κ3) is 5.05. The number of halogens is 1. The minimum absolute atomic E-state index is 0. The van der Waals surface area contributed by atoms with E-state index < -0.39 is 0 Å². The monoisotopic (exact) mass is 229 g/mol. The molecule has 0 aliphatic heterocycles. The van der Waals surface area contributed by atoms with E-state index in [0.717, 1.165) is 12.0 Å². The zero-order chi connectivity index (χ0) is 10.4. The molecule has 1 atom stereocenters. The van der Waals surface area contributed by atoms with Crippen LogP contribution in [0.3, 0.4) is 0 Å². The number of phenols is 1. The largest absolute Gasteiger partial charge is 0.508 e. The molecule has 86 valence electrons. The Morgan fingerprint density at radius 3 is 2.33 bits per heavy atom. The van der Waals surface area contributed by atoms with Crippen molar-refractivity contribution >= 4 is 12.4 Å². The number of hydrogen-bond acceptors (Lipinski definition) is 2. The maximum absolute atomic E-state index is 9.11. The van der Waals surface area contributed by atoms with Gasteiger partial charge in [-0.05, 0) is 24.1 Å². The lowest BCUT2D eigenvalue weighted by atomic mass is 10.0. The molecule has 0 fully saturated rings. The summed E-state index contributed by atoms with van der Waals surface area (Å²) >= 11 is 0. The third-order valence-corrected chi connectivity index (χ3v) is 2.44. The van der Waals surface area contributed by atoms with Gasteiger partial charge in [-0.2, -0.15) is 0 Å². The Morgan fingerprint density at radius 2 is 1.80 bits per heavy atom. The van der Waals surface area contributed by atoms with Gasteiger partial charge in [-0.25, -0.2) is 0 Å². The summed E-state index contributed by atoms with van der Waals surface area (Å²) in [5.41, 5.74) is 7.11. The molecular formula is C12H20ClNO. The van der Waals surface area contributed by atoms with Crippen molar-refractivity contribution in [2.45, 2.75) is 38.6 Å². The Balaban J connectivity index is 0.00000196. The minimum Gasteiger partial charge on any atom is -0.508 e. The highest BCUT2D eigenvalue weighted by Crippen LogP contribution is 2.19. The molecule has 1 aromatic carbocycles. The lowest BCUT2D eigenvalue weighted by molar-refractivity contribution is 0.474. The van der Waals surface area contributed by atoms with Crippen molar-refractivity contribution < 1.29 is 5.11 Å². The second kappa shape index (κ2) is 7.55. The van der Waals surface area contributed by atoms with Gasteiger partial charge in [0.1, 0.15) is 5.75 Å². The summed E-state index contributed by atoms with van der Waals surface area (Å²) in [6.45, 7) is 2.19. The number of unbranched alkanes of at least 4 members (excludes halogenated alkanes) is 2. The van der Waals surface area contributed by atoms with E-state index in [1.165, 1.54) is 19.3 Å². The van der Waals surface area contributed by atoms with Gasteiger partial charge in [0.2, 0.25) is 0 Å². The molecular weight excluding hydrogens is 210 g/mol. The van der Waals surface area contributed by atoms with E-state index >= 15 is 0 Å². The molecule has 0 unspecified atom stereocenters. The van der Waals surface area contributed by atoms with Crippen LogP contribution in [0.1, 0.15) is 44.2 Å². The summed E-state index contributed by atoms with van der Waals surface area (Å²) in [6.07, 6.45) is 4.67. The molecule has 3 heteroatoms. The summed E-state index contributed by atoms with van der Waals surface area (Å²) in [6, 6.07) is 7.28. The predicted octanol–water partition coefficient (Wildman–Crippen LogP) is 3.39. The fourth-order valence-corrected chi connectivity index (χ4v) is 1.50.